The first-order valence-electron chi connectivity index (χ1n) is 9.66. The second kappa shape index (κ2) is 7.69. The van der Waals surface area contributed by atoms with Gasteiger partial charge in [0.05, 0.1) is 30.7 Å². The Bertz CT molecular complexity index is 872. The van der Waals surface area contributed by atoms with Crippen molar-refractivity contribution >= 4 is 10.0 Å². The van der Waals surface area contributed by atoms with Gasteiger partial charge in [-0.15, -0.1) is 5.10 Å². The third-order valence-electron chi connectivity index (χ3n) is 5.51. The Balaban J connectivity index is 1.40. The molecule has 0 aliphatic carbocycles. The van der Waals surface area contributed by atoms with Gasteiger partial charge in [-0.1, -0.05) is 41.5 Å². The van der Waals surface area contributed by atoms with Crippen molar-refractivity contribution in [2.75, 3.05) is 25.4 Å². The van der Waals surface area contributed by atoms with Gasteiger partial charge in [-0.05, 0) is 38.4 Å². The summed E-state index contributed by atoms with van der Waals surface area (Å²) in [7, 11) is -3.22. The van der Waals surface area contributed by atoms with Crippen molar-refractivity contribution in [2.45, 2.75) is 45.3 Å². The molecule has 0 amide bonds. The lowest BCUT2D eigenvalue weighted by Gasteiger charge is -2.31. The first-order chi connectivity index (χ1) is 13.0. The molecule has 2 saturated heterocycles. The normalized spacial score (nSPS) is 23.7. The molecular weight excluding hydrogens is 362 g/mol. The monoisotopic (exact) mass is 389 g/mol. The quantitative estimate of drug-likeness (QED) is 0.777. The van der Waals surface area contributed by atoms with E-state index < -0.39 is 10.0 Å². The highest BCUT2D eigenvalue weighted by molar-refractivity contribution is 7.89. The Kier molecular flexibility index (Phi) is 5.29. The Morgan fingerprint density at radius 2 is 1.81 bits per heavy atom. The van der Waals surface area contributed by atoms with Crippen LogP contribution in [0.3, 0.4) is 0 Å². The van der Waals surface area contributed by atoms with Crippen LogP contribution in [0.1, 0.15) is 36.1 Å². The summed E-state index contributed by atoms with van der Waals surface area (Å²) in [5.41, 5.74) is 3.07. The van der Waals surface area contributed by atoms with Gasteiger partial charge in [-0.25, -0.2) is 13.1 Å². The molecule has 2 fully saturated rings. The minimum atomic E-state index is -3.22. The van der Waals surface area contributed by atoms with Crippen LogP contribution >= 0.6 is 0 Å². The van der Waals surface area contributed by atoms with Gasteiger partial charge in [0, 0.05) is 12.6 Å². The van der Waals surface area contributed by atoms with Crippen molar-refractivity contribution in [1.29, 1.82) is 0 Å². The first-order valence-corrected chi connectivity index (χ1v) is 11.3. The van der Waals surface area contributed by atoms with Gasteiger partial charge < -0.3 is 0 Å². The predicted molar refractivity (Wildman–Crippen MR) is 104 cm³/mol. The minimum Gasteiger partial charge on any atom is -0.298 e. The van der Waals surface area contributed by atoms with Crippen molar-refractivity contribution in [3.8, 4) is 0 Å². The van der Waals surface area contributed by atoms with Crippen LogP contribution in [0.4, 0.5) is 0 Å². The molecule has 1 unspecified atom stereocenters. The van der Waals surface area contributed by atoms with E-state index in [4.69, 9.17) is 0 Å². The molecule has 0 spiro atoms. The van der Waals surface area contributed by atoms with E-state index in [2.05, 4.69) is 46.4 Å². The molecule has 0 saturated carbocycles. The highest BCUT2D eigenvalue weighted by Gasteiger charge is 2.39. The molecule has 1 aromatic heterocycles. The molecule has 0 bridgehead atoms. The van der Waals surface area contributed by atoms with Crippen LogP contribution in [-0.4, -0.2) is 64.0 Å². The fourth-order valence-electron chi connectivity index (χ4n) is 3.97. The van der Waals surface area contributed by atoms with Crippen LogP contribution in [0.2, 0.25) is 0 Å². The lowest BCUT2D eigenvalue weighted by molar-refractivity contribution is 0.167. The molecule has 27 heavy (non-hydrogen) atoms. The van der Waals surface area contributed by atoms with E-state index in [0.29, 0.717) is 25.3 Å². The molecule has 1 aromatic carbocycles. The maximum atomic E-state index is 12.6. The van der Waals surface area contributed by atoms with Gasteiger partial charge in [0.25, 0.3) is 0 Å². The van der Waals surface area contributed by atoms with Gasteiger partial charge >= 0.3 is 0 Å². The van der Waals surface area contributed by atoms with Crippen molar-refractivity contribution in [3.05, 3.63) is 47.3 Å². The fraction of sp³-hybridized carbons (Fsp3) is 0.579. The Hall–Kier alpha value is -1.77. The van der Waals surface area contributed by atoms with Gasteiger partial charge in [-0.3, -0.25) is 4.90 Å². The molecule has 0 N–H and O–H groups in total. The van der Waals surface area contributed by atoms with Crippen molar-refractivity contribution in [2.24, 2.45) is 0 Å². The highest BCUT2D eigenvalue weighted by atomic mass is 32.2. The van der Waals surface area contributed by atoms with Crippen LogP contribution in [0.15, 0.2) is 30.5 Å². The van der Waals surface area contributed by atoms with Crippen molar-refractivity contribution in [3.63, 3.8) is 0 Å². The maximum Gasteiger partial charge on any atom is 0.216 e. The average molecular weight is 390 g/mol. The third-order valence-corrected chi connectivity index (χ3v) is 7.38. The van der Waals surface area contributed by atoms with Crippen molar-refractivity contribution in [1.82, 2.24) is 24.2 Å². The summed E-state index contributed by atoms with van der Waals surface area (Å²) < 4.78 is 28.5. The average Bonchev–Trinajstić information content (AvgIpc) is 3.22. The number of aromatic nitrogens is 3. The zero-order valence-electron chi connectivity index (χ0n) is 15.8. The number of benzene rings is 1. The fourth-order valence-corrected chi connectivity index (χ4v) is 5.71. The van der Waals surface area contributed by atoms with E-state index in [0.717, 1.165) is 18.7 Å². The number of aryl methyl sites for hydroxylation is 1. The van der Waals surface area contributed by atoms with Crippen LogP contribution in [0.5, 0.6) is 0 Å². The lowest BCUT2D eigenvalue weighted by Crippen LogP contribution is -2.42. The largest absolute Gasteiger partial charge is 0.298 e. The minimum absolute atomic E-state index is 0.109. The summed E-state index contributed by atoms with van der Waals surface area (Å²) in [5.74, 6) is 0.227. The summed E-state index contributed by atoms with van der Waals surface area (Å²) in [6, 6.07) is 8.41. The number of piperidine rings is 1. The topological polar surface area (TPSA) is 71.3 Å². The van der Waals surface area contributed by atoms with Gasteiger partial charge in [0.15, 0.2) is 0 Å². The maximum absolute atomic E-state index is 12.6. The molecule has 2 aliphatic rings. The van der Waals surface area contributed by atoms with E-state index >= 15 is 0 Å². The van der Waals surface area contributed by atoms with Crippen molar-refractivity contribution < 1.29 is 8.42 Å². The molecule has 2 aromatic rings. The van der Waals surface area contributed by atoms with E-state index in [9.17, 15) is 8.42 Å². The molecule has 8 heteroatoms. The standard InChI is InChI=1S/C19H27N5O2S/c1-16-5-7-17(8-6-16)11-23-12-18(20-21-23)13-24-14-19(15-27(24,25)26)22-9-3-2-4-10-22/h5-8,12,19H,2-4,9-11,13-15H2,1H3. The lowest BCUT2D eigenvalue weighted by atomic mass is 10.1. The summed E-state index contributed by atoms with van der Waals surface area (Å²) in [6.45, 7) is 5.59. The van der Waals surface area contributed by atoms with Gasteiger partial charge in [0.1, 0.15) is 0 Å². The van der Waals surface area contributed by atoms with E-state index in [1.807, 2.05) is 6.20 Å². The second-order valence-corrected chi connectivity index (χ2v) is 9.73. The van der Waals surface area contributed by atoms with Gasteiger partial charge in [-0.2, -0.15) is 4.31 Å². The van der Waals surface area contributed by atoms with E-state index in [-0.39, 0.29) is 11.8 Å². The zero-order valence-corrected chi connectivity index (χ0v) is 16.6. The van der Waals surface area contributed by atoms with Crippen LogP contribution in [0, 0.1) is 6.92 Å². The zero-order chi connectivity index (χ0) is 18.9. The summed E-state index contributed by atoms with van der Waals surface area (Å²) >= 11 is 0. The third kappa shape index (κ3) is 4.39. The summed E-state index contributed by atoms with van der Waals surface area (Å²) in [4.78, 5) is 2.34. The molecule has 3 heterocycles. The van der Waals surface area contributed by atoms with Crippen LogP contribution in [0.25, 0.3) is 0 Å². The molecule has 1 atom stereocenters. The number of rotatable bonds is 5. The molecular formula is C19H27N5O2S. The van der Waals surface area contributed by atoms with Gasteiger partial charge in [0.2, 0.25) is 10.0 Å². The van der Waals surface area contributed by atoms with Crippen LogP contribution in [-0.2, 0) is 23.1 Å². The Morgan fingerprint density at radius 3 is 2.56 bits per heavy atom. The number of sulfonamides is 1. The molecule has 146 valence electrons. The smallest absolute Gasteiger partial charge is 0.216 e. The SMILES string of the molecule is Cc1ccc(Cn2cc(CN3CC(N4CCCCC4)CS3(=O)=O)nn2)cc1. The summed E-state index contributed by atoms with van der Waals surface area (Å²) in [5, 5.41) is 8.36. The van der Waals surface area contributed by atoms with E-state index in [1.165, 1.54) is 24.8 Å². The Labute approximate surface area is 161 Å². The number of hydrogen-bond acceptors (Lipinski definition) is 5. The van der Waals surface area contributed by atoms with E-state index in [1.54, 1.807) is 8.99 Å². The molecule has 7 nitrogen and oxygen atoms in total. The second-order valence-electron chi connectivity index (χ2n) is 7.71. The first kappa shape index (κ1) is 18.6. The number of likely N-dealkylation sites (tertiary alicyclic amines) is 1. The highest BCUT2D eigenvalue weighted by Crippen LogP contribution is 2.23. The summed E-state index contributed by atoms with van der Waals surface area (Å²) in [6.07, 6.45) is 5.45. The molecule has 0 radical (unpaired) electrons. The number of nitrogens with zero attached hydrogens (tertiary/aromatic N) is 5. The predicted octanol–water partition coefficient (Wildman–Crippen LogP) is 1.63. The molecule has 4 rings (SSSR count). The Morgan fingerprint density at radius 1 is 1.07 bits per heavy atom. The molecule has 2 aliphatic heterocycles. The number of hydrogen-bond donors (Lipinski definition) is 0. The van der Waals surface area contributed by atoms with Crippen LogP contribution < -0.4 is 0 Å².